The van der Waals surface area contributed by atoms with E-state index in [4.69, 9.17) is 5.73 Å². The fraction of sp³-hybridized carbons (Fsp3) is 0.500. The molecule has 1 nitrogen and oxygen atoms in total. The van der Waals surface area contributed by atoms with Crippen LogP contribution in [0.5, 0.6) is 0 Å². The van der Waals surface area contributed by atoms with Crippen molar-refractivity contribution < 1.29 is 0 Å². The SMILES string of the molecule is CC#CCC(N)C(CC)(CC)c1ccccc1. The van der Waals surface area contributed by atoms with E-state index >= 15 is 0 Å². The first-order valence-corrected chi connectivity index (χ1v) is 6.42. The molecule has 0 radical (unpaired) electrons. The molecule has 92 valence electrons. The molecule has 0 saturated carbocycles. The summed E-state index contributed by atoms with van der Waals surface area (Å²) < 4.78 is 0. The van der Waals surface area contributed by atoms with Gasteiger partial charge in [-0.3, -0.25) is 0 Å². The highest BCUT2D eigenvalue weighted by Crippen LogP contribution is 2.35. The summed E-state index contributed by atoms with van der Waals surface area (Å²) in [7, 11) is 0. The second-order valence-electron chi connectivity index (χ2n) is 4.47. The molecule has 1 rings (SSSR count). The van der Waals surface area contributed by atoms with E-state index in [-0.39, 0.29) is 11.5 Å². The summed E-state index contributed by atoms with van der Waals surface area (Å²) in [5.74, 6) is 6.06. The van der Waals surface area contributed by atoms with E-state index in [0.717, 1.165) is 19.3 Å². The molecule has 0 aliphatic carbocycles. The van der Waals surface area contributed by atoms with E-state index in [1.54, 1.807) is 0 Å². The Balaban J connectivity index is 3.07. The predicted octanol–water partition coefficient (Wildman–Crippen LogP) is 3.49. The Morgan fingerprint density at radius 1 is 1.18 bits per heavy atom. The zero-order valence-electron chi connectivity index (χ0n) is 11.2. The maximum absolute atomic E-state index is 6.39. The smallest absolute Gasteiger partial charge is 0.0249 e. The van der Waals surface area contributed by atoms with Crippen molar-refractivity contribution in [3.63, 3.8) is 0 Å². The van der Waals surface area contributed by atoms with Crippen LogP contribution in [0.4, 0.5) is 0 Å². The molecule has 0 saturated heterocycles. The largest absolute Gasteiger partial charge is 0.326 e. The maximum Gasteiger partial charge on any atom is 0.0249 e. The van der Waals surface area contributed by atoms with Crippen LogP contribution in [0.15, 0.2) is 30.3 Å². The van der Waals surface area contributed by atoms with Crippen molar-refractivity contribution in [3.05, 3.63) is 35.9 Å². The van der Waals surface area contributed by atoms with E-state index in [1.807, 2.05) is 6.92 Å². The molecule has 0 heterocycles. The van der Waals surface area contributed by atoms with Gasteiger partial charge in [0.2, 0.25) is 0 Å². The standard InChI is InChI=1S/C16H23N/c1-4-7-13-15(17)16(5-2,6-3)14-11-9-8-10-12-14/h8-12,15H,5-6,13,17H2,1-3H3. The minimum atomic E-state index is 0.0606. The Bertz CT molecular complexity index is 379. The predicted molar refractivity (Wildman–Crippen MR) is 74.7 cm³/mol. The molecule has 1 heteroatoms. The second kappa shape index (κ2) is 6.47. The number of rotatable bonds is 5. The summed E-state index contributed by atoms with van der Waals surface area (Å²) in [6, 6.07) is 10.7. The van der Waals surface area contributed by atoms with Gasteiger partial charge in [-0.15, -0.1) is 11.8 Å². The van der Waals surface area contributed by atoms with E-state index in [1.165, 1.54) is 5.56 Å². The molecular formula is C16H23N. The van der Waals surface area contributed by atoms with E-state index in [2.05, 4.69) is 56.0 Å². The van der Waals surface area contributed by atoms with Gasteiger partial charge >= 0.3 is 0 Å². The van der Waals surface area contributed by atoms with Crippen LogP contribution in [0, 0.1) is 11.8 Å². The number of hydrogen-bond acceptors (Lipinski definition) is 1. The molecule has 0 bridgehead atoms. The van der Waals surface area contributed by atoms with Gasteiger partial charge in [0.25, 0.3) is 0 Å². The maximum atomic E-state index is 6.39. The summed E-state index contributed by atoms with van der Waals surface area (Å²) in [6.07, 6.45) is 2.88. The molecule has 1 unspecified atom stereocenters. The molecule has 17 heavy (non-hydrogen) atoms. The van der Waals surface area contributed by atoms with Gasteiger partial charge in [0.05, 0.1) is 0 Å². The Labute approximate surface area is 105 Å². The number of nitrogens with two attached hydrogens (primary N) is 1. The normalized spacial score (nSPS) is 12.7. The molecule has 0 aliphatic rings. The molecule has 0 aliphatic heterocycles. The molecule has 0 amide bonds. The van der Waals surface area contributed by atoms with Gasteiger partial charge in [0.15, 0.2) is 0 Å². The summed E-state index contributed by atoms with van der Waals surface area (Å²) in [5.41, 5.74) is 7.79. The molecule has 1 atom stereocenters. The fourth-order valence-corrected chi connectivity index (χ4v) is 2.57. The molecule has 0 fully saturated rings. The van der Waals surface area contributed by atoms with Gasteiger partial charge in [-0.1, -0.05) is 44.2 Å². The van der Waals surface area contributed by atoms with Gasteiger partial charge in [0, 0.05) is 17.9 Å². The molecule has 0 aromatic heterocycles. The highest BCUT2D eigenvalue weighted by atomic mass is 14.7. The zero-order valence-corrected chi connectivity index (χ0v) is 11.2. The van der Waals surface area contributed by atoms with Crippen molar-refractivity contribution in [1.29, 1.82) is 0 Å². The summed E-state index contributed by atoms with van der Waals surface area (Å²) >= 11 is 0. The molecule has 2 N–H and O–H groups in total. The van der Waals surface area contributed by atoms with Crippen molar-refractivity contribution in [2.75, 3.05) is 0 Å². The topological polar surface area (TPSA) is 26.0 Å². The third-order valence-electron chi connectivity index (χ3n) is 3.82. The van der Waals surface area contributed by atoms with E-state index < -0.39 is 0 Å². The molecular weight excluding hydrogens is 206 g/mol. The lowest BCUT2D eigenvalue weighted by atomic mass is 9.69. The third-order valence-corrected chi connectivity index (χ3v) is 3.82. The highest BCUT2D eigenvalue weighted by Gasteiger charge is 2.34. The van der Waals surface area contributed by atoms with E-state index in [9.17, 15) is 0 Å². The van der Waals surface area contributed by atoms with Crippen molar-refractivity contribution >= 4 is 0 Å². The quantitative estimate of drug-likeness (QED) is 0.769. The van der Waals surface area contributed by atoms with Crippen LogP contribution in [0.25, 0.3) is 0 Å². The molecule has 1 aromatic carbocycles. The van der Waals surface area contributed by atoms with Crippen LogP contribution in [0.3, 0.4) is 0 Å². The van der Waals surface area contributed by atoms with Crippen molar-refractivity contribution in [2.45, 2.75) is 51.5 Å². The first-order chi connectivity index (χ1) is 8.21. The number of hydrogen-bond donors (Lipinski definition) is 1. The lowest BCUT2D eigenvalue weighted by molar-refractivity contribution is 0.320. The first-order valence-electron chi connectivity index (χ1n) is 6.42. The Morgan fingerprint density at radius 2 is 1.76 bits per heavy atom. The lowest BCUT2D eigenvalue weighted by Crippen LogP contribution is -2.44. The van der Waals surface area contributed by atoms with Crippen LogP contribution < -0.4 is 5.73 Å². The monoisotopic (exact) mass is 229 g/mol. The molecule has 1 aromatic rings. The Hall–Kier alpha value is -1.26. The number of benzene rings is 1. The minimum Gasteiger partial charge on any atom is -0.326 e. The highest BCUT2D eigenvalue weighted by molar-refractivity contribution is 5.28. The van der Waals surface area contributed by atoms with Gasteiger partial charge in [-0.2, -0.15) is 0 Å². The van der Waals surface area contributed by atoms with Gasteiger partial charge < -0.3 is 5.73 Å². The summed E-state index contributed by atoms with van der Waals surface area (Å²) in [5, 5.41) is 0. The summed E-state index contributed by atoms with van der Waals surface area (Å²) in [6.45, 7) is 6.31. The fourth-order valence-electron chi connectivity index (χ4n) is 2.57. The Kier molecular flexibility index (Phi) is 5.25. The Morgan fingerprint density at radius 3 is 2.24 bits per heavy atom. The van der Waals surface area contributed by atoms with Crippen LogP contribution >= 0.6 is 0 Å². The molecule has 0 spiro atoms. The van der Waals surface area contributed by atoms with Gasteiger partial charge in [-0.25, -0.2) is 0 Å². The van der Waals surface area contributed by atoms with Crippen LogP contribution in [-0.4, -0.2) is 6.04 Å². The average molecular weight is 229 g/mol. The van der Waals surface area contributed by atoms with Crippen LogP contribution in [0.1, 0.15) is 45.6 Å². The van der Waals surface area contributed by atoms with Crippen molar-refractivity contribution in [3.8, 4) is 11.8 Å². The summed E-state index contributed by atoms with van der Waals surface area (Å²) in [4.78, 5) is 0. The first kappa shape index (κ1) is 13.8. The van der Waals surface area contributed by atoms with Crippen molar-refractivity contribution in [1.82, 2.24) is 0 Å². The lowest BCUT2D eigenvalue weighted by Gasteiger charge is -2.37. The van der Waals surface area contributed by atoms with Crippen LogP contribution in [-0.2, 0) is 5.41 Å². The van der Waals surface area contributed by atoms with Crippen LogP contribution in [0.2, 0.25) is 0 Å². The second-order valence-corrected chi connectivity index (χ2v) is 4.47. The van der Waals surface area contributed by atoms with Gasteiger partial charge in [0.1, 0.15) is 0 Å². The van der Waals surface area contributed by atoms with Gasteiger partial charge in [-0.05, 0) is 25.3 Å². The average Bonchev–Trinajstić information content (AvgIpc) is 2.39. The third kappa shape index (κ3) is 2.90. The minimum absolute atomic E-state index is 0.0606. The zero-order chi connectivity index (χ0) is 12.7. The van der Waals surface area contributed by atoms with Crippen molar-refractivity contribution in [2.24, 2.45) is 5.73 Å². The van der Waals surface area contributed by atoms with E-state index in [0.29, 0.717) is 0 Å².